The van der Waals surface area contributed by atoms with Gasteiger partial charge in [0.05, 0.1) is 19.2 Å². The third-order valence-corrected chi connectivity index (χ3v) is 4.31. The number of rotatable bonds is 7. The first-order valence-electron chi connectivity index (χ1n) is 8.66. The number of carboxylic acid groups (broad SMARTS) is 1. The molecule has 3 aromatic rings. The minimum Gasteiger partial charge on any atom is -0.496 e. The quantitative estimate of drug-likeness (QED) is 0.694. The summed E-state index contributed by atoms with van der Waals surface area (Å²) in [5, 5.41) is 9.76. The molecule has 1 N–H and O–H groups in total. The lowest BCUT2D eigenvalue weighted by molar-refractivity contribution is -0.137. The van der Waals surface area contributed by atoms with Crippen LogP contribution >= 0.6 is 0 Å². The van der Waals surface area contributed by atoms with Gasteiger partial charge in [0.1, 0.15) is 18.0 Å². The van der Waals surface area contributed by atoms with Gasteiger partial charge in [0, 0.05) is 23.6 Å². The maximum Gasteiger partial charge on any atom is 0.323 e. The number of carboxylic acids is 1. The van der Waals surface area contributed by atoms with E-state index in [1.807, 2.05) is 31.2 Å². The van der Waals surface area contributed by atoms with Crippen molar-refractivity contribution in [3.05, 3.63) is 70.0 Å². The van der Waals surface area contributed by atoms with Crippen LogP contribution in [0, 0.1) is 0 Å². The Hall–Kier alpha value is -3.28. The van der Waals surface area contributed by atoms with Crippen LogP contribution in [0.2, 0.25) is 0 Å². The van der Waals surface area contributed by atoms with Gasteiger partial charge in [-0.05, 0) is 30.7 Å². The second-order valence-corrected chi connectivity index (χ2v) is 6.08. The molecule has 0 aliphatic carbocycles. The molecular formula is C21H21NO5. The number of nitrogens with zero attached hydrogens (tertiary/aromatic N) is 1. The van der Waals surface area contributed by atoms with Gasteiger partial charge in [-0.25, -0.2) is 0 Å². The topological polar surface area (TPSA) is 77.8 Å². The van der Waals surface area contributed by atoms with Crippen molar-refractivity contribution in [3.8, 4) is 11.5 Å². The predicted molar refractivity (Wildman–Crippen MR) is 103 cm³/mol. The van der Waals surface area contributed by atoms with E-state index in [0.29, 0.717) is 41.0 Å². The third kappa shape index (κ3) is 3.79. The number of pyridine rings is 1. The molecule has 0 amide bonds. The van der Waals surface area contributed by atoms with Crippen LogP contribution < -0.4 is 14.9 Å². The summed E-state index contributed by atoms with van der Waals surface area (Å²) in [5.41, 5.74) is 1.72. The maximum atomic E-state index is 13.1. The monoisotopic (exact) mass is 367 g/mol. The summed E-state index contributed by atoms with van der Waals surface area (Å²) in [6, 6.07) is 12.6. The second kappa shape index (κ2) is 7.95. The van der Waals surface area contributed by atoms with Crippen molar-refractivity contribution in [2.24, 2.45) is 0 Å². The summed E-state index contributed by atoms with van der Waals surface area (Å²) in [4.78, 5) is 24.4. The van der Waals surface area contributed by atoms with E-state index in [4.69, 9.17) is 9.47 Å². The van der Waals surface area contributed by atoms with E-state index in [1.54, 1.807) is 36.1 Å². The lowest BCUT2D eigenvalue weighted by atomic mass is 10.0. The van der Waals surface area contributed by atoms with Crippen molar-refractivity contribution in [1.82, 2.24) is 4.57 Å². The van der Waals surface area contributed by atoms with Crippen molar-refractivity contribution in [3.63, 3.8) is 0 Å². The molecule has 0 fully saturated rings. The Labute approximate surface area is 156 Å². The Kier molecular flexibility index (Phi) is 5.45. The van der Waals surface area contributed by atoms with Crippen LogP contribution in [-0.4, -0.2) is 29.4 Å². The van der Waals surface area contributed by atoms with Crippen LogP contribution in [0.3, 0.4) is 0 Å². The molecule has 1 heterocycles. The smallest absolute Gasteiger partial charge is 0.323 e. The highest BCUT2D eigenvalue weighted by Crippen LogP contribution is 2.26. The Bertz CT molecular complexity index is 1040. The number of fused-ring (bicyclic) bond motifs is 1. The van der Waals surface area contributed by atoms with E-state index in [1.165, 1.54) is 0 Å². The Morgan fingerprint density at radius 2 is 1.81 bits per heavy atom. The first kappa shape index (κ1) is 18.5. The Morgan fingerprint density at radius 1 is 1.07 bits per heavy atom. The number of hydrogen-bond acceptors (Lipinski definition) is 4. The summed E-state index contributed by atoms with van der Waals surface area (Å²) in [5.74, 6) is 0.191. The van der Waals surface area contributed by atoms with Crippen LogP contribution in [0.4, 0.5) is 0 Å². The molecular weight excluding hydrogens is 346 g/mol. The highest BCUT2D eigenvalue weighted by molar-refractivity contribution is 5.86. The van der Waals surface area contributed by atoms with Gasteiger partial charge in [0.2, 0.25) is 0 Å². The van der Waals surface area contributed by atoms with E-state index in [0.717, 1.165) is 5.56 Å². The van der Waals surface area contributed by atoms with Gasteiger partial charge >= 0.3 is 5.97 Å². The standard InChI is InChI=1S/C21H21NO5/c1-3-27-18-10-6-8-16-20(18)22(13-19(23)24)12-15(21(16)25)11-14-7-4-5-9-17(14)26-2/h4-10,12H,3,11,13H2,1-2H3,(H,23,24). The number of ether oxygens (including phenoxy) is 2. The average molecular weight is 367 g/mol. The fourth-order valence-corrected chi connectivity index (χ4v) is 3.21. The zero-order valence-electron chi connectivity index (χ0n) is 15.3. The summed E-state index contributed by atoms with van der Waals surface area (Å²) in [6.45, 7) is 2.00. The molecule has 27 heavy (non-hydrogen) atoms. The number of benzene rings is 2. The fourth-order valence-electron chi connectivity index (χ4n) is 3.21. The minimum atomic E-state index is -0.991. The number of para-hydroxylation sites is 2. The SMILES string of the molecule is CCOc1cccc2c(=O)c(Cc3ccccc3OC)cn(CC(=O)O)c12. The molecule has 0 radical (unpaired) electrons. The molecule has 0 aliphatic heterocycles. The maximum absolute atomic E-state index is 13.1. The molecule has 0 saturated carbocycles. The van der Waals surface area contributed by atoms with Gasteiger partial charge in [-0.1, -0.05) is 24.3 Å². The molecule has 2 aromatic carbocycles. The molecule has 0 aliphatic rings. The van der Waals surface area contributed by atoms with Gasteiger partial charge in [-0.15, -0.1) is 0 Å². The predicted octanol–water partition coefficient (Wildman–Crippen LogP) is 3.08. The van der Waals surface area contributed by atoms with Crippen LogP contribution in [0.15, 0.2) is 53.5 Å². The lowest BCUT2D eigenvalue weighted by Crippen LogP contribution is -2.19. The van der Waals surface area contributed by atoms with Gasteiger partial charge in [-0.2, -0.15) is 0 Å². The average Bonchev–Trinajstić information content (AvgIpc) is 2.65. The molecule has 1 aromatic heterocycles. The number of aromatic nitrogens is 1. The summed E-state index contributed by atoms with van der Waals surface area (Å²) in [6.07, 6.45) is 1.95. The highest BCUT2D eigenvalue weighted by atomic mass is 16.5. The van der Waals surface area contributed by atoms with E-state index in [9.17, 15) is 14.7 Å². The van der Waals surface area contributed by atoms with Crippen LogP contribution in [0.1, 0.15) is 18.1 Å². The summed E-state index contributed by atoms with van der Waals surface area (Å²) in [7, 11) is 1.58. The van der Waals surface area contributed by atoms with Gasteiger partial charge in [0.15, 0.2) is 5.43 Å². The van der Waals surface area contributed by atoms with Crippen molar-refractivity contribution < 1.29 is 19.4 Å². The second-order valence-electron chi connectivity index (χ2n) is 6.08. The molecule has 0 spiro atoms. The molecule has 6 heteroatoms. The molecule has 0 unspecified atom stereocenters. The first-order chi connectivity index (χ1) is 13.0. The van der Waals surface area contributed by atoms with Gasteiger partial charge in [-0.3, -0.25) is 9.59 Å². The van der Waals surface area contributed by atoms with Crippen LogP contribution in [0.5, 0.6) is 11.5 Å². The van der Waals surface area contributed by atoms with E-state index in [-0.39, 0.29) is 12.0 Å². The number of aliphatic carboxylic acids is 1. The van der Waals surface area contributed by atoms with Gasteiger partial charge in [0.25, 0.3) is 0 Å². The number of methoxy groups -OCH3 is 1. The van der Waals surface area contributed by atoms with Crippen molar-refractivity contribution in [2.45, 2.75) is 19.9 Å². The minimum absolute atomic E-state index is 0.140. The molecule has 140 valence electrons. The van der Waals surface area contributed by atoms with Crippen LogP contribution in [0.25, 0.3) is 10.9 Å². The molecule has 3 rings (SSSR count). The first-order valence-corrected chi connectivity index (χ1v) is 8.66. The summed E-state index contributed by atoms with van der Waals surface area (Å²) < 4.78 is 12.6. The summed E-state index contributed by atoms with van der Waals surface area (Å²) >= 11 is 0. The third-order valence-electron chi connectivity index (χ3n) is 4.31. The van der Waals surface area contributed by atoms with E-state index >= 15 is 0 Å². The Morgan fingerprint density at radius 3 is 2.52 bits per heavy atom. The lowest BCUT2D eigenvalue weighted by Gasteiger charge is -2.16. The fraction of sp³-hybridized carbons (Fsp3) is 0.238. The molecule has 0 saturated heterocycles. The molecule has 0 atom stereocenters. The normalized spacial score (nSPS) is 10.7. The van der Waals surface area contributed by atoms with E-state index in [2.05, 4.69) is 0 Å². The number of hydrogen-bond donors (Lipinski definition) is 1. The van der Waals surface area contributed by atoms with Crippen molar-refractivity contribution in [1.29, 1.82) is 0 Å². The largest absolute Gasteiger partial charge is 0.496 e. The Balaban J connectivity index is 2.21. The number of carbonyl (C=O) groups is 1. The zero-order valence-corrected chi connectivity index (χ0v) is 15.3. The van der Waals surface area contributed by atoms with Crippen molar-refractivity contribution in [2.75, 3.05) is 13.7 Å². The molecule has 6 nitrogen and oxygen atoms in total. The van der Waals surface area contributed by atoms with Crippen LogP contribution in [-0.2, 0) is 17.8 Å². The zero-order chi connectivity index (χ0) is 19.4. The molecule has 0 bridgehead atoms. The van der Waals surface area contributed by atoms with E-state index < -0.39 is 5.97 Å². The van der Waals surface area contributed by atoms with Gasteiger partial charge < -0.3 is 19.1 Å². The van der Waals surface area contributed by atoms with Crippen molar-refractivity contribution >= 4 is 16.9 Å². The highest BCUT2D eigenvalue weighted by Gasteiger charge is 2.16.